The van der Waals surface area contributed by atoms with Crippen molar-refractivity contribution >= 4 is 60.5 Å². The third kappa shape index (κ3) is 5.50. The van der Waals surface area contributed by atoms with Crippen LogP contribution in [0.5, 0.6) is 0 Å². The topological polar surface area (TPSA) is 16.4 Å². The molecule has 0 saturated heterocycles. The summed E-state index contributed by atoms with van der Waals surface area (Å²) in [6.07, 6.45) is 0. The molecule has 0 fully saturated rings. The van der Waals surface area contributed by atoms with Gasteiger partial charge in [0.2, 0.25) is 0 Å². The van der Waals surface area contributed by atoms with Gasteiger partial charge in [-0.15, -0.1) is 0 Å². The van der Waals surface area contributed by atoms with Gasteiger partial charge in [-0.3, -0.25) is 0 Å². The lowest BCUT2D eigenvalue weighted by Gasteiger charge is -2.30. The van der Waals surface area contributed by atoms with Gasteiger partial charge in [-0.05, 0) is 110 Å². The molecule has 294 valence electrons. The van der Waals surface area contributed by atoms with E-state index in [9.17, 15) is 0 Å². The molecule has 1 heterocycles. The molecule has 2 heteroatoms. The van der Waals surface area contributed by atoms with Crippen molar-refractivity contribution in [1.82, 2.24) is 0 Å². The van der Waals surface area contributed by atoms with Crippen LogP contribution < -0.4 is 4.90 Å². The number of hydrogen-bond donors (Lipinski definition) is 0. The number of aryl methyl sites for hydroxylation is 1. The van der Waals surface area contributed by atoms with Gasteiger partial charge < -0.3 is 9.32 Å². The highest BCUT2D eigenvalue weighted by Crippen LogP contribution is 2.56. The van der Waals surface area contributed by atoms with E-state index in [1.54, 1.807) is 0 Å². The quantitative estimate of drug-likeness (QED) is 0.156. The molecule has 10 aromatic carbocycles. The lowest BCUT2D eigenvalue weighted by atomic mass is 9.81. The number of fused-ring (bicyclic) bond motifs is 8. The Kier molecular flexibility index (Phi) is 8.14. The predicted molar refractivity (Wildman–Crippen MR) is 262 cm³/mol. The largest absolute Gasteiger partial charge is 0.456 e. The van der Waals surface area contributed by atoms with Crippen molar-refractivity contribution in [2.45, 2.75) is 26.2 Å². The number of benzene rings is 10. The number of anilines is 3. The molecule has 1 aliphatic rings. The van der Waals surface area contributed by atoms with Crippen LogP contribution in [0.4, 0.5) is 17.1 Å². The molecule has 1 aromatic heterocycles. The van der Waals surface area contributed by atoms with E-state index < -0.39 is 0 Å². The van der Waals surface area contributed by atoms with E-state index in [0.29, 0.717) is 0 Å². The molecule has 0 N–H and O–H groups in total. The van der Waals surface area contributed by atoms with Gasteiger partial charge in [-0.1, -0.05) is 183 Å². The van der Waals surface area contributed by atoms with Crippen LogP contribution in [0.1, 0.15) is 30.5 Å². The van der Waals surface area contributed by atoms with Gasteiger partial charge in [-0.25, -0.2) is 0 Å². The normalized spacial score (nSPS) is 12.9. The molecule has 0 radical (unpaired) electrons. The molecule has 11 aromatic rings. The zero-order valence-corrected chi connectivity index (χ0v) is 35.0. The number of furan rings is 1. The van der Waals surface area contributed by atoms with Crippen LogP contribution in [-0.4, -0.2) is 0 Å². The van der Waals surface area contributed by atoms with Crippen molar-refractivity contribution in [3.05, 3.63) is 223 Å². The maximum atomic E-state index is 6.72. The van der Waals surface area contributed by atoms with Crippen LogP contribution >= 0.6 is 0 Å². The Hall–Kier alpha value is -7.68. The predicted octanol–water partition coefficient (Wildman–Crippen LogP) is 17.0. The van der Waals surface area contributed by atoms with E-state index in [-0.39, 0.29) is 5.41 Å². The number of rotatable bonds is 6. The Morgan fingerprint density at radius 2 is 0.903 bits per heavy atom. The molecule has 0 atom stereocenters. The van der Waals surface area contributed by atoms with Gasteiger partial charge in [0.25, 0.3) is 0 Å². The summed E-state index contributed by atoms with van der Waals surface area (Å²) in [5.41, 5.74) is 18.7. The molecule has 1 aliphatic carbocycles. The van der Waals surface area contributed by atoms with Crippen molar-refractivity contribution in [1.29, 1.82) is 0 Å². The van der Waals surface area contributed by atoms with Gasteiger partial charge in [0.15, 0.2) is 0 Å². The van der Waals surface area contributed by atoms with E-state index in [0.717, 1.165) is 33.6 Å². The standard InChI is InChI=1S/C60H43NO/c1-38-26-35-53-50(36-38)58-54(62-53)37-52-57(49-24-14-15-25-51(49)60(52,2)3)56(58)42-29-33-44(34-30-42)61(43-31-27-40(28-32-43)39-16-6-4-7-17-39)59-47-22-12-10-20-45(47)55(41-18-8-5-9-19-41)46-21-11-13-23-48(46)59/h4-37H,1-3H3. The Balaban J connectivity index is 1.12. The SMILES string of the molecule is Cc1ccc2oc3cc4c(c(-c5ccc(N(c6ccc(-c7ccccc7)cc6)c6c7ccccc7c(-c7ccccc7)c7ccccc67)cc5)c3c2c1)-c1ccccc1C4(C)C. The Labute approximate surface area is 362 Å². The molecule has 0 aliphatic heterocycles. The van der Waals surface area contributed by atoms with Crippen molar-refractivity contribution < 1.29 is 4.42 Å². The minimum atomic E-state index is -0.180. The maximum Gasteiger partial charge on any atom is 0.136 e. The van der Waals surface area contributed by atoms with Gasteiger partial charge in [0, 0.05) is 43.9 Å². The Bertz CT molecular complexity index is 3470. The molecular weight excluding hydrogens is 751 g/mol. The number of hydrogen-bond acceptors (Lipinski definition) is 2. The first-order valence-electron chi connectivity index (χ1n) is 21.6. The van der Waals surface area contributed by atoms with Gasteiger partial charge in [0.1, 0.15) is 11.2 Å². The van der Waals surface area contributed by atoms with Crippen molar-refractivity contribution in [3.63, 3.8) is 0 Å². The summed E-state index contributed by atoms with van der Waals surface area (Å²) in [5, 5.41) is 7.16. The fraction of sp³-hybridized carbons (Fsp3) is 0.0667. The van der Waals surface area contributed by atoms with E-state index in [2.05, 4.69) is 232 Å². The van der Waals surface area contributed by atoms with Crippen molar-refractivity contribution in [3.8, 4) is 44.5 Å². The van der Waals surface area contributed by atoms with Crippen LogP contribution in [-0.2, 0) is 5.41 Å². The second-order valence-corrected chi connectivity index (χ2v) is 17.3. The van der Waals surface area contributed by atoms with Gasteiger partial charge >= 0.3 is 0 Å². The zero-order valence-electron chi connectivity index (χ0n) is 35.0. The fourth-order valence-electron chi connectivity index (χ4n) is 10.4. The molecule has 0 spiro atoms. The second-order valence-electron chi connectivity index (χ2n) is 17.3. The highest BCUT2D eigenvalue weighted by Gasteiger charge is 2.38. The van der Waals surface area contributed by atoms with Crippen LogP contribution in [0.15, 0.2) is 211 Å². The van der Waals surface area contributed by atoms with E-state index >= 15 is 0 Å². The van der Waals surface area contributed by atoms with Gasteiger partial charge in [-0.2, -0.15) is 0 Å². The second kappa shape index (κ2) is 13.9. The minimum Gasteiger partial charge on any atom is -0.456 e. The summed E-state index contributed by atoms with van der Waals surface area (Å²) in [4.78, 5) is 2.47. The van der Waals surface area contributed by atoms with Crippen LogP contribution in [0.2, 0.25) is 0 Å². The molecule has 0 saturated carbocycles. The first-order chi connectivity index (χ1) is 30.4. The maximum absolute atomic E-state index is 6.72. The molecule has 2 nitrogen and oxygen atoms in total. The third-order valence-corrected chi connectivity index (χ3v) is 13.3. The highest BCUT2D eigenvalue weighted by molar-refractivity contribution is 6.23. The van der Waals surface area contributed by atoms with Crippen molar-refractivity contribution in [2.75, 3.05) is 4.90 Å². The van der Waals surface area contributed by atoms with Crippen LogP contribution in [0.3, 0.4) is 0 Å². The first-order valence-corrected chi connectivity index (χ1v) is 21.6. The third-order valence-electron chi connectivity index (χ3n) is 13.3. The minimum absolute atomic E-state index is 0.180. The molecule has 0 bridgehead atoms. The van der Waals surface area contributed by atoms with E-state index in [4.69, 9.17) is 4.42 Å². The summed E-state index contributed by atoms with van der Waals surface area (Å²) in [5.74, 6) is 0. The highest BCUT2D eigenvalue weighted by atomic mass is 16.3. The number of nitrogens with zero attached hydrogens (tertiary/aromatic N) is 1. The average molecular weight is 794 g/mol. The average Bonchev–Trinajstić information content (AvgIpc) is 3.80. The summed E-state index contributed by atoms with van der Waals surface area (Å²) in [7, 11) is 0. The summed E-state index contributed by atoms with van der Waals surface area (Å²) in [6.45, 7) is 6.86. The zero-order chi connectivity index (χ0) is 41.5. The summed E-state index contributed by atoms with van der Waals surface area (Å²) >= 11 is 0. The lowest BCUT2D eigenvalue weighted by molar-refractivity contribution is 0.647. The van der Waals surface area contributed by atoms with Gasteiger partial charge in [0.05, 0.1) is 5.69 Å². The molecule has 0 unspecified atom stereocenters. The fourth-order valence-corrected chi connectivity index (χ4v) is 10.4. The van der Waals surface area contributed by atoms with Crippen LogP contribution in [0.25, 0.3) is 88.0 Å². The lowest BCUT2D eigenvalue weighted by Crippen LogP contribution is -2.14. The van der Waals surface area contributed by atoms with E-state index in [1.807, 2.05) is 0 Å². The smallest absolute Gasteiger partial charge is 0.136 e. The van der Waals surface area contributed by atoms with Crippen molar-refractivity contribution in [2.24, 2.45) is 0 Å². The first kappa shape index (κ1) is 36.2. The molecule has 12 rings (SSSR count). The Morgan fingerprint density at radius 1 is 0.387 bits per heavy atom. The monoisotopic (exact) mass is 793 g/mol. The molecular formula is C60H43NO. The van der Waals surface area contributed by atoms with E-state index in [1.165, 1.54) is 88.1 Å². The summed E-state index contributed by atoms with van der Waals surface area (Å²) < 4.78 is 6.72. The Morgan fingerprint density at radius 3 is 1.55 bits per heavy atom. The summed E-state index contributed by atoms with van der Waals surface area (Å²) in [6, 6.07) is 75.5. The molecule has 0 amide bonds. The van der Waals surface area contributed by atoms with Crippen LogP contribution in [0, 0.1) is 6.92 Å². The molecule has 62 heavy (non-hydrogen) atoms.